The van der Waals surface area contributed by atoms with E-state index in [0.717, 1.165) is 36.2 Å². The first-order valence-corrected chi connectivity index (χ1v) is 13.7. The Labute approximate surface area is 234 Å². The van der Waals surface area contributed by atoms with Gasteiger partial charge in [0.2, 0.25) is 17.8 Å². The van der Waals surface area contributed by atoms with Crippen LogP contribution in [0.3, 0.4) is 0 Å². The molecule has 0 radical (unpaired) electrons. The summed E-state index contributed by atoms with van der Waals surface area (Å²) in [6.07, 6.45) is 2.06. The molecule has 1 aromatic carbocycles. The lowest BCUT2D eigenvalue weighted by Crippen LogP contribution is -2.36. The van der Waals surface area contributed by atoms with E-state index in [9.17, 15) is 4.79 Å². The number of rotatable bonds is 11. The summed E-state index contributed by atoms with van der Waals surface area (Å²) >= 11 is 5.81. The van der Waals surface area contributed by atoms with Crippen LogP contribution in [0.5, 0.6) is 6.01 Å². The molecule has 2 aromatic rings. The molecular weight excluding hydrogens is 504 g/mol. The molecule has 2 rings (SSSR count). The monoisotopic (exact) mass is 550 g/mol. The van der Waals surface area contributed by atoms with E-state index in [2.05, 4.69) is 59.3 Å². The minimum atomic E-state index is -0.127. The smallest absolute Gasteiger partial charge is 0.322 e. The van der Waals surface area contributed by atoms with Crippen LogP contribution in [-0.2, 0) is 14.9 Å². The number of para-hydroxylation sites is 1. The molecule has 0 spiro atoms. The Morgan fingerprint density at radius 1 is 1.05 bits per heavy atom. The van der Waals surface area contributed by atoms with Crippen LogP contribution in [0.1, 0.15) is 79.4 Å². The average molecular weight is 551 g/mol. The molecule has 0 aliphatic heterocycles. The van der Waals surface area contributed by atoms with E-state index in [-0.39, 0.29) is 29.5 Å². The molecule has 38 heavy (non-hydrogen) atoms. The standard InChI is InChI=1S/C18H28ClNO2.C10H19N5O/c1-6-7-11-22-13-20(16(21)12-19)17-14(2)9-8-10-15(17)18(3,4)5;1-6-11-7-12-8(15-10(2,3)4)14-9(13-7)16-5/h8-10H,6-7,11-13H2,1-5H3;6H2,1-5H3,(H2,11,12,13,14,15). The van der Waals surface area contributed by atoms with Crippen LogP contribution < -0.4 is 20.3 Å². The van der Waals surface area contributed by atoms with Gasteiger partial charge in [-0.25, -0.2) is 0 Å². The second-order valence-corrected chi connectivity index (χ2v) is 11.2. The summed E-state index contributed by atoms with van der Waals surface area (Å²) in [6, 6.07) is 6.42. The number of amides is 1. The highest BCUT2D eigenvalue weighted by atomic mass is 35.5. The van der Waals surface area contributed by atoms with Gasteiger partial charge in [-0.2, -0.15) is 15.0 Å². The fraction of sp³-hybridized carbons (Fsp3) is 0.643. The summed E-state index contributed by atoms with van der Waals surface area (Å²) in [7, 11) is 1.53. The molecule has 0 saturated heterocycles. The summed E-state index contributed by atoms with van der Waals surface area (Å²) < 4.78 is 10.7. The van der Waals surface area contributed by atoms with E-state index in [1.165, 1.54) is 7.11 Å². The first-order valence-electron chi connectivity index (χ1n) is 13.1. The molecule has 2 N–H and O–H groups in total. The molecule has 9 nitrogen and oxygen atoms in total. The van der Waals surface area contributed by atoms with Gasteiger partial charge >= 0.3 is 6.01 Å². The Bertz CT molecular complexity index is 1010. The quantitative estimate of drug-likeness (QED) is 0.195. The molecule has 1 aromatic heterocycles. The lowest BCUT2D eigenvalue weighted by molar-refractivity contribution is -0.117. The number of anilines is 3. The van der Waals surface area contributed by atoms with Gasteiger partial charge in [0.05, 0.1) is 12.8 Å². The number of carbonyl (C=O) groups is 1. The third-order valence-corrected chi connectivity index (χ3v) is 5.44. The molecule has 0 saturated carbocycles. The number of benzene rings is 1. The van der Waals surface area contributed by atoms with E-state index in [1.54, 1.807) is 4.90 Å². The largest absolute Gasteiger partial charge is 0.467 e. The van der Waals surface area contributed by atoms with Gasteiger partial charge in [0, 0.05) is 18.7 Å². The summed E-state index contributed by atoms with van der Waals surface area (Å²) in [4.78, 5) is 26.4. The topological polar surface area (TPSA) is 102 Å². The highest BCUT2D eigenvalue weighted by Gasteiger charge is 2.26. The van der Waals surface area contributed by atoms with Crippen molar-refractivity contribution in [2.45, 2.75) is 86.1 Å². The Balaban J connectivity index is 0.000000399. The Hall–Kier alpha value is -2.65. The lowest BCUT2D eigenvalue weighted by atomic mass is 9.84. The number of hydrogen-bond acceptors (Lipinski definition) is 8. The van der Waals surface area contributed by atoms with Crippen LogP contribution >= 0.6 is 11.6 Å². The van der Waals surface area contributed by atoms with Gasteiger partial charge in [-0.15, -0.1) is 11.6 Å². The molecule has 10 heteroatoms. The maximum absolute atomic E-state index is 12.3. The Morgan fingerprint density at radius 3 is 2.24 bits per heavy atom. The van der Waals surface area contributed by atoms with Crippen molar-refractivity contribution in [3.8, 4) is 6.01 Å². The van der Waals surface area contributed by atoms with Crippen molar-refractivity contribution in [3.63, 3.8) is 0 Å². The molecule has 1 amide bonds. The van der Waals surface area contributed by atoms with Crippen LogP contribution in [0, 0.1) is 6.92 Å². The maximum atomic E-state index is 12.3. The van der Waals surface area contributed by atoms with Crippen molar-refractivity contribution in [2.24, 2.45) is 0 Å². The van der Waals surface area contributed by atoms with Gasteiger partial charge < -0.3 is 20.1 Å². The highest BCUT2D eigenvalue weighted by molar-refractivity contribution is 6.29. The fourth-order valence-corrected chi connectivity index (χ4v) is 3.58. The zero-order valence-corrected chi connectivity index (χ0v) is 25.6. The Kier molecular flexibility index (Phi) is 13.8. The van der Waals surface area contributed by atoms with Crippen molar-refractivity contribution in [1.29, 1.82) is 0 Å². The molecule has 0 atom stereocenters. The number of carbonyl (C=O) groups excluding carboxylic acids is 1. The van der Waals surface area contributed by atoms with Crippen molar-refractivity contribution < 1.29 is 14.3 Å². The third-order valence-electron chi connectivity index (χ3n) is 5.21. The van der Waals surface area contributed by atoms with Gasteiger partial charge in [0.1, 0.15) is 12.6 Å². The van der Waals surface area contributed by atoms with E-state index in [1.807, 2.05) is 46.8 Å². The number of nitrogens with zero attached hydrogens (tertiary/aromatic N) is 4. The van der Waals surface area contributed by atoms with Crippen molar-refractivity contribution >= 4 is 35.1 Å². The molecule has 0 aliphatic carbocycles. The first kappa shape index (κ1) is 33.4. The van der Waals surface area contributed by atoms with E-state index in [4.69, 9.17) is 21.1 Å². The predicted octanol–water partition coefficient (Wildman–Crippen LogP) is 6.16. The number of halogens is 1. The van der Waals surface area contributed by atoms with Gasteiger partial charge in [0.15, 0.2) is 0 Å². The second-order valence-electron chi connectivity index (χ2n) is 10.9. The van der Waals surface area contributed by atoms with E-state index < -0.39 is 0 Å². The number of aryl methyl sites for hydroxylation is 1. The van der Waals surface area contributed by atoms with E-state index >= 15 is 0 Å². The maximum Gasteiger partial charge on any atom is 0.322 e. The van der Waals surface area contributed by atoms with Gasteiger partial charge in [-0.05, 0) is 57.6 Å². The summed E-state index contributed by atoms with van der Waals surface area (Å²) in [5, 5.41) is 6.20. The SMILES string of the molecule is CCCCOCN(C(=O)CCl)c1c(C)cccc1C(C)(C)C.CCNc1nc(NC(C)(C)C)nc(OC)n1. The summed E-state index contributed by atoms with van der Waals surface area (Å²) in [6.45, 7) is 20.3. The van der Waals surface area contributed by atoms with Crippen LogP contribution in [-0.4, -0.2) is 59.3 Å². The van der Waals surface area contributed by atoms with Crippen LogP contribution in [0.15, 0.2) is 18.2 Å². The number of hydrogen-bond donors (Lipinski definition) is 2. The number of nitrogens with one attached hydrogen (secondary N) is 2. The molecule has 0 fully saturated rings. The summed E-state index contributed by atoms with van der Waals surface area (Å²) in [5.74, 6) is 0.851. The van der Waals surface area contributed by atoms with Gasteiger partial charge in [0.25, 0.3) is 0 Å². The van der Waals surface area contributed by atoms with E-state index in [0.29, 0.717) is 24.5 Å². The van der Waals surface area contributed by atoms with Gasteiger partial charge in [-0.1, -0.05) is 52.3 Å². The zero-order chi connectivity index (χ0) is 28.9. The molecule has 1 heterocycles. The normalized spacial score (nSPS) is 11.3. The number of methoxy groups -OCH3 is 1. The van der Waals surface area contributed by atoms with Crippen LogP contribution in [0.4, 0.5) is 17.6 Å². The molecule has 214 valence electrons. The number of alkyl halides is 1. The number of aromatic nitrogens is 3. The van der Waals surface area contributed by atoms with Crippen molar-refractivity contribution in [3.05, 3.63) is 29.3 Å². The molecule has 0 bridgehead atoms. The van der Waals surface area contributed by atoms with Crippen molar-refractivity contribution in [1.82, 2.24) is 15.0 Å². The lowest BCUT2D eigenvalue weighted by Gasteiger charge is -2.31. The molecule has 0 unspecified atom stereocenters. The van der Waals surface area contributed by atoms with Crippen LogP contribution in [0.2, 0.25) is 0 Å². The molecular formula is C28H47ClN6O3. The first-order chi connectivity index (χ1) is 17.8. The third kappa shape index (κ3) is 11.4. The van der Waals surface area contributed by atoms with Crippen molar-refractivity contribution in [2.75, 3.05) is 48.4 Å². The fourth-order valence-electron chi connectivity index (χ4n) is 3.43. The van der Waals surface area contributed by atoms with Gasteiger partial charge in [-0.3, -0.25) is 9.69 Å². The highest BCUT2D eigenvalue weighted by Crippen LogP contribution is 2.34. The minimum Gasteiger partial charge on any atom is -0.467 e. The molecule has 0 aliphatic rings. The summed E-state index contributed by atoms with van der Waals surface area (Å²) in [5.41, 5.74) is 2.96. The zero-order valence-electron chi connectivity index (χ0n) is 24.9. The second kappa shape index (κ2) is 15.7. The van der Waals surface area contributed by atoms with Crippen LogP contribution in [0.25, 0.3) is 0 Å². The number of ether oxygens (including phenoxy) is 2. The Morgan fingerprint density at radius 2 is 1.71 bits per heavy atom. The number of unbranched alkanes of at least 4 members (excludes halogenated alkanes) is 1. The predicted molar refractivity (Wildman–Crippen MR) is 158 cm³/mol. The minimum absolute atomic E-state index is 0.0466. The average Bonchev–Trinajstić information content (AvgIpc) is 2.83.